The van der Waals surface area contributed by atoms with Crippen LogP contribution in [0.3, 0.4) is 0 Å². The van der Waals surface area contributed by atoms with E-state index >= 15 is 0 Å². The molecule has 0 bridgehead atoms. The summed E-state index contributed by atoms with van der Waals surface area (Å²) in [7, 11) is 3.30. The molecular formula is C14H22ClNO3. The maximum Gasteiger partial charge on any atom is 0.122 e. The Hall–Kier alpha value is -0.970. The lowest BCUT2D eigenvalue weighted by atomic mass is 9.87. The van der Waals surface area contributed by atoms with Gasteiger partial charge in [0.15, 0.2) is 0 Å². The van der Waals surface area contributed by atoms with Gasteiger partial charge in [0.1, 0.15) is 11.5 Å². The molecule has 19 heavy (non-hydrogen) atoms. The molecule has 2 N–H and O–H groups in total. The van der Waals surface area contributed by atoms with Crippen molar-refractivity contribution in [3.05, 3.63) is 23.8 Å². The van der Waals surface area contributed by atoms with Crippen LogP contribution in [0.2, 0.25) is 0 Å². The van der Waals surface area contributed by atoms with E-state index in [1.807, 2.05) is 18.2 Å². The number of methoxy groups -OCH3 is 2. The molecule has 0 unspecified atom stereocenters. The number of halogens is 1. The zero-order valence-electron chi connectivity index (χ0n) is 11.4. The molecule has 1 fully saturated rings. The van der Waals surface area contributed by atoms with E-state index in [-0.39, 0.29) is 18.4 Å². The molecule has 1 heterocycles. The van der Waals surface area contributed by atoms with Crippen LogP contribution in [0.1, 0.15) is 24.4 Å². The van der Waals surface area contributed by atoms with E-state index in [4.69, 9.17) is 19.9 Å². The highest BCUT2D eigenvalue weighted by molar-refractivity contribution is 5.85. The minimum Gasteiger partial charge on any atom is -0.497 e. The van der Waals surface area contributed by atoms with E-state index in [1.165, 1.54) is 0 Å². The monoisotopic (exact) mass is 287 g/mol. The molecule has 0 radical (unpaired) electrons. The van der Waals surface area contributed by atoms with Gasteiger partial charge in [-0.15, -0.1) is 12.4 Å². The van der Waals surface area contributed by atoms with Crippen LogP contribution in [0.4, 0.5) is 0 Å². The SMILES string of the molecule is COc1cc(OC)cc([C@@H](N)C2CCOCC2)c1.Cl. The Morgan fingerprint density at radius 3 is 2.11 bits per heavy atom. The average Bonchev–Trinajstić information content (AvgIpc) is 2.46. The summed E-state index contributed by atoms with van der Waals surface area (Å²) in [5.41, 5.74) is 7.42. The largest absolute Gasteiger partial charge is 0.497 e. The molecule has 0 spiro atoms. The lowest BCUT2D eigenvalue weighted by molar-refractivity contribution is 0.0583. The van der Waals surface area contributed by atoms with Crippen LogP contribution < -0.4 is 15.2 Å². The first kappa shape index (κ1) is 16.1. The predicted octanol–water partition coefficient (Wildman–Crippen LogP) is 2.55. The number of rotatable bonds is 4. The molecule has 2 rings (SSSR count). The zero-order valence-corrected chi connectivity index (χ0v) is 12.2. The summed E-state index contributed by atoms with van der Waals surface area (Å²) in [5.74, 6) is 2.04. The van der Waals surface area contributed by atoms with Crippen molar-refractivity contribution in [1.29, 1.82) is 0 Å². The molecule has 0 aromatic heterocycles. The molecule has 1 aromatic rings. The zero-order chi connectivity index (χ0) is 13.0. The van der Waals surface area contributed by atoms with Crippen molar-refractivity contribution in [3.63, 3.8) is 0 Å². The van der Waals surface area contributed by atoms with Gasteiger partial charge in [-0.3, -0.25) is 0 Å². The van der Waals surface area contributed by atoms with E-state index < -0.39 is 0 Å². The lowest BCUT2D eigenvalue weighted by Crippen LogP contribution is -2.27. The third-order valence-electron chi connectivity index (χ3n) is 3.53. The number of ether oxygens (including phenoxy) is 3. The second-order valence-electron chi connectivity index (χ2n) is 4.62. The highest BCUT2D eigenvalue weighted by Crippen LogP contribution is 2.32. The lowest BCUT2D eigenvalue weighted by Gasteiger charge is -2.28. The Balaban J connectivity index is 0.00000180. The molecule has 1 aromatic carbocycles. The van der Waals surface area contributed by atoms with Crippen LogP contribution in [0.15, 0.2) is 18.2 Å². The van der Waals surface area contributed by atoms with Gasteiger partial charge in [0.25, 0.3) is 0 Å². The molecule has 0 aliphatic carbocycles. The standard InChI is InChI=1S/C14H21NO3.ClH/c1-16-12-7-11(8-13(9-12)17-2)14(15)10-3-5-18-6-4-10;/h7-10,14H,3-6,15H2,1-2H3;1H/t14-;/m0./s1. The van der Waals surface area contributed by atoms with Crippen LogP contribution in [-0.2, 0) is 4.74 Å². The number of hydrogen-bond donors (Lipinski definition) is 1. The van der Waals surface area contributed by atoms with Crippen LogP contribution in [0.5, 0.6) is 11.5 Å². The molecule has 0 saturated carbocycles. The van der Waals surface area contributed by atoms with Crippen molar-refractivity contribution >= 4 is 12.4 Å². The molecule has 1 saturated heterocycles. The topological polar surface area (TPSA) is 53.7 Å². The van der Waals surface area contributed by atoms with E-state index in [2.05, 4.69) is 0 Å². The van der Waals surface area contributed by atoms with Gasteiger partial charge in [-0.05, 0) is 36.5 Å². The van der Waals surface area contributed by atoms with Crippen LogP contribution in [0.25, 0.3) is 0 Å². The summed E-state index contributed by atoms with van der Waals surface area (Å²) in [6.45, 7) is 1.61. The number of nitrogens with two attached hydrogens (primary N) is 1. The van der Waals surface area contributed by atoms with E-state index in [0.717, 1.165) is 43.1 Å². The Labute approximate surface area is 120 Å². The van der Waals surface area contributed by atoms with Gasteiger partial charge < -0.3 is 19.9 Å². The molecule has 1 aliphatic heterocycles. The van der Waals surface area contributed by atoms with Gasteiger partial charge >= 0.3 is 0 Å². The van der Waals surface area contributed by atoms with Gasteiger partial charge in [-0.2, -0.15) is 0 Å². The van der Waals surface area contributed by atoms with Crippen molar-refractivity contribution in [1.82, 2.24) is 0 Å². The van der Waals surface area contributed by atoms with Gasteiger partial charge in [-0.1, -0.05) is 0 Å². The Morgan fingerprint density at radius 1 is 1.11 bits per heavy atom. The Morgan fingerprint density at radius 2 is 1.63 bits per heavy atom. The van der Waals surface area contributed by atoms with Crippen LogP contribution in [-0.4, -0.2) is 27.4 Å². The van der Waals surface area contributed by atoms with E-state index in [9.17, 15) is 0 Å². The van der Waals surface area contributed by atoms with Crippen LogP contribution in [0, 0.1) is 5.92 Å². The first-order chi connectivity index (χ1) is 8.74. The fourth-order valence-corrected chi connectivity index (χ4v) is 2.37. The normalized spacial score (nSPS) is 17.4. The first-order valence-electron chi connectivity index (χ1n) is 6.31. The van der Waals surface area contributed by atoms with Gasteiger partial charge in [0.2, 0.25) is 0 Å². The summed E-state index contributed by atoms with van der Waals surface area (Å²) < 4.78 is 15.9. The summed E-state index contributed by atoms with van der Waals surface area (Å²) in [6.07, 6.45) is 2.03. The maximum atomic E-state index is 6.35. The van der Waals surface area contributed by atoms with Crippen molar-refractivity contribution in [2.24, 2.45) is 11.7 Å². The van der Waals surface area contributed by atoms with E-state index in [1.54, 1.807) is 14.2 Å². The first-order valence-corrected chi connectivity index (χ1v) is 6.31. The van der Waals surface area contributed by atoms with Gasteiger partial charge in [0, 0.05) is 25.3 Å². The second-order valence-corrected chi connectivity index (χ2v) is 4.62. The molecule has 1 atom stereocenters. The van der Waals surface area contributed by atoms with Gasteiger partial charge in [0.05, 0.1) is 14.2 Å². The molecule has 1 aliphatic rings. The Bertz CT molecular complexity index is 372. The summed E-state index contributed by atoms with van der Waals surface area (Å²) in [5, 5.41) is 0. The highest BCUT2D eigenvalue weighted by atomic mass is 35.5. The van der Waals surface area contributed by atoms with Gasteiger partial charge in [-0.25, -0.2) is 0 Å². The predicted molar refractivity (Wildman–Crippen MR) is 77.3 cm³/mol. The fourth-order valence-electron chi connectivity index (χ4n) is 2.37. The van der Waals surface area contributed by atoms with Crippen molar-refractivity contribution in [2.75, 3.05) is 27.4 Å². The molecule has 108 valence electrons. The summed E-state index contributed by atoms with van der Waals surface area (Å²) in [4.78, 5) is 0. The van der Waals surface area contributed by atoms with E-state index in [0.29, 0.717) is 5.92 Å². The minimum atomic E-state index is 0. The number of hydrogen-bond acceptors (Lipinski definition) is 4. The smallest absolute Gasteiger partial charge is 0.122 e. The fraction of sp³-hybridized carbons (Fsp3) is 0.571. The molecule has 4 nitrogen and oxygen atoms in total. The average molecular weight is 288 g/mol. The van der Waals surface area contributed by atoms with Crippen molar-refractivity contribution in [2.45, 2.75) is 18.9 Å². The Kier molecular flexibility index (Phi) is 6.42. The third kappa shape index (κ3) is 4.00. The summed E-state index contributed by atoms with van der Waals surface area (Å²) in [6, 6.07) is 5.85. The minimum absolute atomic E-state index is 0. The molecule has 5 heteroatoms. The third-order valence-corrected chi connectivity index (χ3v) is 3.53. The highest BCUT2D eigenvalue weighted by Gasteiger charge is 2.23. The molecule has 0 amide bonds. The number of benzene rings is 1. The van der Waals surface area contributed by atoms with Crippen LogP contribution >= 0.6 is 12.4 Å². The maximum absolute atomic E-state index is 6.35. The summed E-state index contributed by atoms with van der Waals surface area (Å²) >= 11 is 0. The van der Waals surface area contributed by atoms with Crippen molar-refractivity contribution < 1.29 is 14.2 Å². The quantitative estimate of drug-likeness (QED) is 0.925. The van der Waals surface area contributed by atoms with Crippen molar-refractivity contribution in [3.8, 4) is 11.5 Å². The second kappa shape index (κ2) is 7.58. The molecular weight excluding hydrogens is 266 g/mol.